The summed E-state index contributed by atoms with van der Waals surface area (Å²) >= 11 is 4.88. The molecule has 0 unspecified atom stereocenters. The maximum atomic E-state index is 5.03. The van der Waals surface area contributed by atoms with Crippen molar-refractivity contribution < 1.29 is 4.74 Å². The first-order valence-corrected chi connectivity index (χ1v) is 4.26. The number of ether oxygens (including phenoxy) is 1. The van der Waals surface area contributed by atoms with Crippen LogP contribution in [-0.4, -0.2) is 11.6 Å². The molecule has 9 heavy (non-hydrogen) atoms. The van der Waals surface area contributed by atoms with E-state index in [1.54, 1.807) is 11.3 Å². The first kappa shape index (κ1) is 5.82. The molecule has 0 N–H and O–H groups in total. The Labute approximate surface area is 65.0 Å². The normalized spacial score (nSPS) is 24.3. The number of rotatable bonds is 1. The van der Waals surface area contributed by atoms with E-state index in [2.05, 4.69) is 20.9 Å². The van der Waals surface area contributed by atoms with Crippen molar-refractivity contribution in [2.75, 3.05) is 6.61 Å². The fourth-order valence-corrected chi connectivity index (χ4v) is 1.70. The van der Waals surface area contributed by atoms with Crippen LogP contribution in [0, 0.1) is 0 Å². The Hall–Kier alpha value is 0.0700. The molecule has 2 nitrogen and oxygen atoms in total. The lowest BCUT2D eigenvalue weighted by Gasteiger charge is -1.79. The van der Waals surface area contributed by atoms with E-state index in [4.69, 9.17) is 4.74 Å². The second kappa shape index (κ2) is 2.04. The molecule has 0 aliphatic carbocycles. The molecule has 1 atom stereocenters. The fourth-order valence-electron chi connectivity index (χ4n) is 0.630. The average Bonchev–Trinajstić information content (AvgIpc) is 2.58. The van der Waals surface area contributed by atoms with Crippen molar-refractivity contribution >= 4 is 27.3 Å². The molecule has 1 saturated heterocycles. The second-order valence-corrected chi connectivity index (χ2v) is 3.98. The zero-order valence-corrected chi connectivity index (χ0v) is 6.91. The van der Waals surface area contributed by atoms with Gasteiger partial charge in [0.25, 0.3) is 0 Å². The van der Waals surface area contributed by atoms with Gasteiger partial charge in [0.15, 0.2) is 3.92 Å². The van der Waals surface area contributed by atoms with Crippen LogP contribution in [0.2, 0.25) is 0 Å². The van der Waals surface area contributed by atoms with Gasteiger partial charge in [-0.25, -0.2) is 4.98 Å². The first-order valence-electron chi connectivity index (χ1n) is 2.59. The second-order valence-electron chi connectivity index (χ2n) is 1.85. The topological polar surface area (TPSA) is 25.4 Å². The molecule has 0 radical (unpaired) electrons. The summed E-state index contributed by atoms with van der Waals surface area (Å²) in [7, 11) is 0. The van der Waals surface area contributed by atoms with Gasteiger partial charge in [-0.3, -0.25) is 0 Å². The monoisotopic (exact) mass is 205 g/mol. The lowest BCUT2D eigenvalue weighted by Crippen LogP contribution is -1.76. The van der Waals surface area contributed by atoms with Gasteiger partial charge in [0.2, 0.25) is 0 Å². The van der Waals surface area contributed by atoms with Gasteiger partial charge in [0, 0.05) is 5.38 Å². The van der Waals surface area contributed by atoms with E-state index < -0.39 is 0 Å². The fraction of sp³-hybridized carbons (Fsp3) is 0.400. The minimum atomic E-state index is 0.299. The third kappa shape index (κ3) is 1.15. The van der Waals surface area contributed by atoms with Crippen LogP contribution in [0.3, 0.4) is 0 Å². The SMILES string of the molecule is Brc1nc([C@H]2CO2)cs1. The number of epoxide rings is 1. The van der Waals surface area contributed by atoms with Crippen molar-refractivity contribution in [1.82, 2.24) is 4.98 Å². The van der Waals surface area contributed by atoms with E-state index in [1.807, 2.05) is 5.38 Å². The van der Waals surface area contributed by atoms with Crippen LogP contribution in [0.4, 0.5) is 0 Å². The minimum absolute atomic E-state index is 0.299. The van der Waals surface area contributed by atoms with Crippen LogP contribution in [0.15, 0.2) is 9.30 Å². The summed E-state index contributed by atoms with van der Waals surface area (Å²) in [6.07, 6.45) is 0.299. The molecular formula is C5H4BrNOS. The van der Waals surface area contributed by atoms with Crippen molar-refractivity contribution in [1.29, 1.82) is 0 Å². The molecule has 0 bridgehead atoms. The molecule has 2 heterocycles. The van der Waals surface area contributed by atoms with Gasteiger partial charge in [0.05, 0.1) is 12.3 Å². The van der Waals surface area contributed by atoms with Crippen molar-refractivity contribution in [3.05, 3.63) is 15.0 Å². The number of hydrogen-bond donors (Lipinski definition) is 0. The van der Waals surface area contributed by atoms with Crippen molar-refractivity contribution in [2.45, 2.75) is 6.10 Å². The molecule has 4 heteroatoms. The summed E-state index contributed by atoms with van der Waals surface area (Å²) in [5.41, 5.74) is 1.06. The van der Waals surface area contributed by atoms with E-state index in [0.717, 1.165) is 16.2 Å². The Morgan fingerprint density at radius 3 is 3.11 bits per heavy atom. The largest absolute Gasteiger partial charge is 0.366 e. The smallest absolute Gasteiger partial charge is 0.159 e. The highest BCUT2D eigenvalue weighted by Crippen LogP contribution is 2.31. The number of halogens is 1. The molecular weight excluding hydrogens is 202 g/mol. The number of hydrogen-bond acceptors (Lipinski definition) is 3. The van der Waals surface area contributed by atoms with Crippen molar-refractivity contribution in [2.24, 2.45) is 0 Å². The summed E-state index contributed by atoms with van der Waals surface area (Å²) < 4.78 is 5.97. The molecule has 1 aromatic heterocycles. The van der Waals surface area contributed by atoms with Crippen LogP contribution in [0.5, 0.6) is 0 Å². The number of aromatic nitrogens is 1. The molecule has 48 valence electrons. The third-order valence-corrected chi connectivity index (χ3v) is 2.54. The summed E-state index contributed by atoms with van der Waals surface area (Å²) in [5, 5.41) is 2.02. The molecule has 1 aliphatic rings. The highest BCUT2D eigenvalue weighted by Gasteiger charge is 2.26. The van der Waals surface area contributed by atoms with E-state index in [1.165, 1.54) is 0 Å². The van der Waals surface area contributed by atoms with Crippen molar-refractivity contribution in [3.8, 4) is 0 Å². The van der Waals surface area contributed by atoms with Crippen LogP contribution in [0.1, 0.15) is 11.8 Å². The maximum Gasteiger partial charge on any atom is 0.159 e. The third-order valence-electron chi connectivity index (χ3n) is 1.16. The quantitative estimate of drug-likeness (QED) is 0.656. The highest BCUT2D eigenvalue weighted by atomic mass is 79.9. The molecule has 0 aromatic carbocycles. The average molecular weight is 206 g/mol. The highest BCUT2D eigenvalue weighted by molar-refractivity contribution is 9.11. The van der Waals surface area contributed by atoms with Gasteiger partial charge in [-0.1, -0.05) is 0 Å². The Bertz CT molecular complexity index is 220. The summed E-state index contributed by atoms with van der Waals surface area (Å²) in [6.45, 7) is 0.843. The van der Waals surface area contributed by atoms with Crippen LogP contribution < -0.4 is 0 Å². The Kier molecular flexibility index (Phi) is 1.32. The predicted octanol–water partition coefficient (Wildman–Crippen LogP) is 1.98. The Balaban J connectivity index is 2.28. The molecule has 1 fully saturated rings. The summed E-state index contributed by atoms with van der Waals surface area (Å²) in [5.74, 6) is 0. The maximum absolute atomic E-state index is 5.03. The first-order chi connectivity index (χ1) is 4.36. The van der Waals surface area contributed by atoms with Crippen LogP contribution in [-0.2, 0) is 4.74 Å². The van der Waals surface area contributed by atoms with Gasteiger partial charge >= 0.3 is 0 Å². The summed E-state index contributed by atoms with van der Waals surface area (Å²) in [6, 6.07) is 0. The van der Waals surface area contributed by atoms with Crippen LogP contribution >= 0.6 is 27.3 Å². The van der Waals surface area contributed by atoms with E-state index in [9.17, 15) is 0 Å². The van der Waals surface area contributed by atoms with Crippen molar-refractivity contribution in [3.63, 3.8) is 0 Å². The van der Waals surface area contributed by atoms with E-state index >= 15 is 0 Å². The molecule has 2 rings (SSSR count). The molecule has 0 saturated carbocycles. The van der Waals surface area contributed by atoms with Gasteiger partial charge in [-0.15, -0.1) is 11.3 Å². The molecule has 0 spiro atoms. The minimum Gasteiger partial charge on any atom is -0.366 e. The standard InChI is InChI=1S/C5H4BrNOS/c6-5-7-3(2-9-5)4-1-8-4/h2,4H,1H2/t4-/m1/s1. The molecule has 1 aliphatic heterocycles. The van der Waals surface area contributed by atoms with Gasteiger partial charge in [-0.2, -0.15) is 0 Å². The number of nitrogens with zero attached hydrogens (tertiary/aromatic N) is 1. The van der Waals surface area contributed by atoms with Crippen LogP contribution in [0.25, 0.3) is 0 Å². The van der Waals surface area contributed by atoms with Gasteiger partial charge in [-0.05, 0) is 15.9 Å². The Morgan fingerprint density at radius 2 is 2.67 bits per heavy atom. The lowest BCUT2D eigenvalue weighted by molar-refractivity contribution is 0.412. The molecule has 0 amide bonds. The van der Waals surface area contributed by atoms with E-state index in [-0.39, 0.29) is 0 Å². The zero-order valence-electron chi connectivity index (χ0n) is 4.50. The van der Waals surface area contributed by atoms with E-state index in [0.29, 0.717) is 6.10 Å². The number of thiazole rings is 1. The Morgan fingerprint density at radius 1 is 1.89 bits per heavy atom. The lowest BCUT2D eigenvalue weighted by atomic mass is 10.4. The van der Waals surface area contributed by atoms with Gasteiger partial charge < -0.3 is 4.74 Å². The predicted molar refractivity (Wildman–Crippen MR) is 38.5 cm³/mol. The summed E-state index contributed by atoms with van der Waals surface area (Å²) in [4.78, 5) is 4.18. The molecule has 1 aromatic rings. The van der Waals surface area contributed by atoms with Gasteiger partial charge in [0.1, 0.15) is 6.10 Å². The zero-order chi connectivity index (χ0) is 6.27.